The molecule has 112 valence electrons. The van der Waals surface area contributed by atoms with Crippen LogP contribution in [0.3, 0.4) is 0 Å². The summed E-state index contributed by atoms with van der Waals surface area (Å²) in [6, 6.07) is 3.49. The minimum atomic E-state index is -0.955. The minimum absolute atomic E-state index is 0.223. The van der Waals surface area contributed by atoms with E-state index >= 15 is 0 Å². The molecule has 0 radical (unpaired) electrons. The Labute approximate surface area is 122 Å². The normalized spacial score (nSPS) is 15.3. The predicted octanol–water partition coefficient (Wildman–Crippen LogP) is -0.0291. The van der Waals surface area contributed by atoms with Crippen molar-refractivity contribution in [2.75, 3.05) is 18.4 Å². The first kappa shape index (κ1) is 15.1. The predicted molar refractivity (Wildman–Crippen MR) is 76.3 cm³/mol. The number of aromatic nitrogens is 1. The maximum absolute atomic E-state index is 11.9. The highest BCUT2D eigenvalue weighted by atomic mass is 16.2. The fraction of sp³-hybridized carbons (Fsp3) is 0.429. The second kappa shape index (κ2) is 6.94. The number of anilines is 1. The molecule has 1 aromatic heterocycles. The van der Waals surface area contributed by atoms with Crippen LogP contribution in [0, 0.1) is 12.8 Å². The van der Waals surface area contributed by atoms with Gasteiger partial charge in [-0.15, -0.1) is 0 Å². The summed E-state index contributed by atoms with van der Waals surface area (Å²) in [7, 11) is 0. The average Bonchev–Trinajstić information content (AvgIpc) is 2.50. The zero-order valence-electron chi connectivity index (χ0n) is 11.8. The number of nitrogens with zero attached hydrogens (tertiary/aromatic N) is 1. The summed E-state index contributed by atoms with van der Waals surface area (Å²) < 4.78 is 0. The molecule has 0 aliphatic carbocycles. The van der Waals surface area contributed by atoms with Crippen LogP contribution in [0.4, 0.5) is 5.82 Å². The molecule has 0 bridgehead atoms. The lowest BCUT2D eigenvalue weighted by atomic mass is 9.97. The van der Waals surface area contributed by atoms with Crippen molar-refractivity contribution >= 4 is 23.5 Å². The van der Waals surface area contributed by atoms with Gasteiger partial charge in [-0.25, -0.2) is 4.98 Å². The Morgan fingerprint density at radius 3 is 2.62 bits per heavy atom. The summed E-state index contributed by atoms with van der Waals surface area (Å²) in [5.74, 6) is -2.15. The first-order valence-corrected chi connectivity index (χ1v) is 6.86. The van der Waals surface area contributed by atoms with E-state index in [2.05, 4.69) is 20.9 Å². The van der Waals surface area contributed by atoms with Crippen LogP contribution in [0.2, 0.25) is 0 Å². The minimum Gasteiger partial charge on any atom is -0.317 e. The van der Waals surface area contributed by atoms with Crippen LogP contribution in [0.5, 0.6) is 0 Å². The number of aryl methyl sites for hydroxylation is 1. The summed E-state index contributed by atoms with van der Waals surface area (Å²) in [4.78, 5) is 39.3. The lowest BCUT2D eigenvalue weighted by molar-refractivity contribution is -0.141. The number of nitrogens with one attached hydrogen (secondary N) is 3. The lowest BCUT2D eigenvalue weighted by Crippen LogP contribution is -2.44. The molecule has 1 aliphatic rings. The average molecular weight is 290 g/mol. The van der Waals surface area contributed by atoms with Crippen LogP contribution in [0.25, 0.3) is 0 Å². The molecule has 3 amide bonds. The van der Waals surface area contributed by atoms with Crippen LogP contribution >= 0.6 is 0 Å². The van der Waals surface area contributed by atoms with Gasteiger partial charge >= 0.3 is 11.8 Å². The molecule has 0 spiro atoms. The van der Waals surface area contributed by atoms with Crippen molar-refractivity contribution in [2.45, 2.75) is 19.8 Å². The highest BCUT2D eigenvalue weighted by molar-refractivity contribution is 6.41. The van der Waals surface area contributed by atoms with E-state index in [0.29, 0.717) is 18.7 Å². The summed E-state index contributed by atoms with van der Waals surface area (Å²) in [6.07, 6.45) is 2.85. The van der Waals surface area contributed by atoms with Gasteiger partial charge in [0.2, 0.25) is 5.91 Å². The van der Waals surface area contributed by atoms with Crippen LogP contribution in [-0.2, 0) is 14.4 Å². The van der Waals surface area contributed by atoms with Gasteiger partial charge in [0.05, 0.1) is 0 Å². The Morgan fingerprint density at radius 2 is 1.95 bits per heavy atom. The number of amides is 3. The van der Waals surface area contributed by atoms with Crippen molar-refractivity contribution in [1.29, 1.82) is 0 Å². The number of hydrogen-bond donors (Lipinski definition) is 3. The van der Waals surface area contributed by atoms with Crippen molar-refractivity contribution in [3.8, 4) is 0 Å². The number of rotatable bonds is 2. The number of carbonyl (C=O) groups is 3. The quantitative estimate of drug-likeness (QED) is 0.664. The molecule has 7 heteroatoms. The van der Waals surface area contributed by atoms with Crippen molar-refractivity contribution in [1.82, 2.24) is 15.6 Å². The first-order chi connectivity index (χ1) is 10.1. The van der Waals surface area contributed by atoms with E-state index in [1.165, 1.54) is 6.20 Å². The van der Waals surface area contributed by atoms with Crippen molar-refractivity contribution in [3.05, 3.63) is 23.9 Å². The zero-order chi connectivity index (χ0) is 15.2. The molecule has 0 atom stereocenters. The van der Waals surface area contributed by atoms with E-state index in [0.717, 1.165) is 18.7 Å². The van der Waals surface area contributed by atoms with Crippen molar-refractivity contribution < 1.29 is 14.4 Å². The van der Waals surface area contributed by atoms with E-state index in [9.17, 15) is 14.4 Å². The molecule has 0 unspecified atom stereocenters. The van der Waals surface area contributed by atoms with E-state index in [4.69, 9.17) is 0 Å². The molecular formula is C14H18N4O3. The highest BCUT2D eigenvalue weighted by Gasteiger charge is 2.25. The van der Waals surface area contributed by atoms with Crippen molar-refractivity contribution in [3.63, 3.8) is 0 Å². The Hall–Kier alpha value is -2.28. The molecule has 1 aliphatic heterocycles. The molecule has 21 heavy (non-hydrogen) atoms. The van der Waals surface area contributed by atoms with Gasteiger partial charge < -0.3 is 10.6 Å². The molecule has 0 aromatic carbocycles. The van der Waals surface area contributed by atoms with Gasteiger partial charge in [0.25, 0.3) is 0 Å². The SMILES string of the molecule is Cc1cccnc1NC(=O)C(=O)NC(=O)C1CCNCC1. The van der Waals surface area contributed by atoms with Gasteiger partial charge in [0.1, 0.15) is 5.82 Å². The highest BCUT2D eigenvalue weighted by Crippen LogP contribution is 2.11. The summed E-state index contributed by atoms with van der Waals surface area (Å²) in [5, 5.41) is 7.67. The lowest BCUT2D eigenvalue weighted by Gasteiger charge is -2.21. The molecular weight excluding hydrogens is 272 g/mol. The van der Waals surface area contributed by atoms with E-state index in [1.807, 2.05) is 0 Å². The summed E-state index contributed by atoms with van der Waals surface area (Å²) in [5.41, 5.74) is 0.739. The van der Waals surface area contributed by atoms with Gasteiger partial charge in [-0.2, -0.15) is 0 Å². The molecule has 1 fully saturated rings. The molecule has 1 aromatic rings. The van der Waals surface area contributed by atoms with Gasteiger partial charge in [-0.3, -0.25) is 19.7 Å². The third-order valence-corrected chi connectivity index (χ3v) is 3.39. The fourth-order valence-electron chi connectivity index (χ4n) is 2.14. The summed E-state index contributed by atoms with van der Waals surface area (Å²) in [6.45, 7) is 3.25. The second-order valence-corrected chi connectivity index (χ2v) is 4.97. The summed E-state index contributed by atoms with van der Waals surface area (Å²) >= 11 is 0. The second-order valence-electron chi connectivity index (χ2n) is 4.97. The largest absolute Gasteiger partial charge is 0.317 e. The number of pyridine rings is 1. The first-order valence-electron chi connectivity index (χ1n) is 6.86. The molecule has 1 saturated heterocycles. The van der Waals surface area contributed by atoms with Crippen molar-refractivity contribution in [2.24, 2.45) is 5.92 Å². The van der Waals surface area contributed by atoms with E-state index in [-0.39, 0.29) is 5.92 Å². The third-order valence-electron chi connectivity index (χ3n) is 3.39. The molecule has 2 heterocycles. The van der Waals surface area contributed by atoms with E-state index < -0.39 is 17.7 Å². The monoisotopic (exact) mass is 290 g/mol. The Bertz CT molecular complexity index is 553. The molecule has 3 N–H and O–H groups in total. The van der Waals surface area contributed by atoms with Crippen LogP contribution < -0.4 is 16.0 Å². The third kappa shape index (κ3) is 4.09. The molecule has 2 rings (SSSR count). The van der Waals surface area contributed by atoms with Crippen LogP contribution in [0.1, 0.15) is 18.4 Å². The van der Waals surface area contributed by atoms with Gasteiger partial charge in [0, 0.05) is 12.1 Å². The zero-order valence-corrected chi connectivity index (χ0v) is 11.8. The topological polar surface area (TPSA) is 100 Å². The fourth-order valence-corrected chi connectivity index (χ4v) is 2.14. The number of imide groups is 1. The number of hydrogen-bond acceptors (Lipinski definition) is 5. The van der Waals surface area contributed by atoms with Gasteiger partial charge in [-0.05, 0) is 44.5 Å². The van der Waals surface area contributed by atoms with Crippen LogP contribution in [0.15, 0.2) is 18.3 Å². The maximum atomic E-state index is 11.9. The standard InChI is InChI=1S/C14H18N4O3/c1-9-3-2-6-16-11(9)17-13(20)14(21)18-12(19)10-4-7-15-8-5-10/h2-3,6,10,15H,4-5,7-8H2,1H3,(H,16,17,20)(H,18,19,21). The maximum Gasteiger partial charge on any atom is 0.316 e. The smallest absolute Gasteiger partial charge is 0.316 e. The van der Waals surface area contributed by atoms with Gasteiger partial charge in [0.15, 0.2) is 0 Å². The van der Waals surface area contributed by atoms with Gasteiger partial charge in [-0.1, -0.05) is 6.07 Å². The Balaban J connectivity index is 1.89. The Kier molecular flexibility index (Phi) is 4.99. The number of carbonyl (C=O) groups excluding carboxylic acids is 3. The molecule has 7 nitrogen and oxygen atoms in total. The number of piperidine rings is 1. The van der Waals surface area contributed by atoms with E-state index in [1.54, 1.807) is 19.1 Å². The molecule has 0 saturated carbocycles. The Morgan fingerprint density at radius 1 is 1.24 bits per heavy atom. The van der Waals surface area contributed by atoms with Crippen LogP contribution in [-0.4, -0.2) is 35.8 Å².